The molecule has 0 saturated carbocycles. The zero-order chi connectivity index (χ0) is 17.9. The predicted molar refractivity (Wildman–Crippen MR) is 106 cm³/mol. The Labute approximate surface area is 157 Å². The van der Waals surface area contributed by atoms with E-state index in [1.54, 1.807) is 16.4 Å². The van der Waals surface area contributed by atoms with Crippen LogP contribution in [-0.4, -0.2) is 30.7 Å². The number of hydrogen-bond acceptors (Lipinski definition) is 3. The quantitative estimate of drug-likeness (QED) is 0.566. The predicted octanol–water partition coefficient (Wildman–Crippen LogP) is 4.65. The van der Waals surface area contributed by atoms with Gasteiger partial charge in [0, 0.05) is 12.6 Å². The van der Waals surface area contributed by atoms with E-state index in [9.17, 15) is 8.42 Å². The highest BCUT2D eigenvalue weighted by Gasteiger charge is 2.37. The molecule has 1 aromatic carbocycles. The Morgan fingerprint density at radius 1 is 1.12 bits per heavy atom. The van der Waals surface area contributed by atoms with Crippen LogP contribution in [0, 0.1) is 12.8 Å². The zero-order valence-corrected chi connectivity index (χ0v) is 16.5. The summed E-state index contributed by atoms with van der Waals surface area (Å²) in [6.45, 7) is 2.49. The highest BCUT2D eigenvalue weighted by Crippen LogP contribution is 2.35. The molecule has 0 N–H and O–H groups in total. The first-order valence-corrected chi connectivity index (χ1v) is 11.2. The van der Waals surface area contributed by atoms with Crippen LogP contribution in [0.3, 0.4) is 0 Å². The molecule has 2 aliphatic rings. The third-order valence-corrected chi connectivity index (χ3v) is 7.53. The van der Waals surface area contributed by atoms with E-state index in [0.29, 0.717) is 17.4 Å². The number of thiocarbonyl (C=S) groups is 1. The minimum Gasteiger partial charge on any atom is -0.207 e. The average molecular weight is 378 g/mol. The highest BCUT2D eigenvalue weighted by molar-refractivity contribution is 7.89. The van der Waals surface area contributed by atoms with Crippen LogP contribution < -0.4 is 0 Å². The maximum Gasteiger partial charge on any atom is 0.243 e. The summed E-state index contributed by atoms with van der Waals surface area (Å²) >= 11 is 5.09. The highest BCUT2D eigenvalue weighted by atomic mass is 32.2. The second-order valence-corrected chi connectivity index (χ2v) is 9.49. The van der Waals surface area contributed by atoms with Crippen molar-refractivity contribution in [3.05, 3.63) is 41.5 Å². The van der Waals surface area contributed by atoms with Crippen molar-refractivity contribution in [3.8, 4) is 0 Å². The van der Waals surface area contributed by atoms with Crippen molar-refractivity contribution < 1.29 is 8.42 Å². The number of sulfonamides is 1. The normalized spacial score (nSPS) is 25.4. The van der Waals surface area contributed by atoms with Gasteiger partial charge in [0.2, 0.25) is 10.0 Å². The minimum absolute atomic E-state index is 0.00738. The largest absolute Gasteiger partial charge is 0.243 e. The summed E-state index contributed by atoms with van der Waals surface area (Å²) in [7, 11) is -3.46. The van der Waals surface area contributed by atoms with Crippen molar-refractivity contribution in [1.82, 2.24) is 4.31 Å². The van der Waals surface area contributed by atoms with Crippen LogP contribution in [0.4, 0.5) is 0 Å². The van der Waals surface area contributed by atoms with E-state index >= 15 is 0 Å². The molecule has 5 heteroatoms. The Balaban J connectivity index is 1.89. The van der Waals surface area contributed by atoms with E-state index < -0.39 is 10.0 Å². The minimum atomic E-state index is -3.46. The van der Waals surface area contributed by atoms with E-state index in [2.05, 4.69) is 6.08 Å². The Morgan fingerprint density at radius 2 is 1.80 bits per heavy atom. The topological polar surface area (TPSA) is 37.4 Å². The number of aryl methyl sites for hydroxylation is 1. The van der Waals surface area contributed by atoms with Crippen LogP contribution in [0.5, 0.6) is 0 Å². The van der Waals surface area contributed by atoms with Gasteiger partial charge in [-0.15, -0.1) is 0 Å². The van der Waals surface area contributed by atoms with E-state index in [1.807, 2.05) is 24.4 Å². The maximum absolute atomic E-state index is 13.2. The summed E-state index contributed by atoms with van der Waals surface area (Å²) in [5.74, 6) is 0.399. The van der Waals surface area contributed by atoms with Crippen molar-refractivity contribution in [2.75, 3.05) is 6.54 Å². The van der Waals surface area contributed by atoms with Crippen LogP contribution in [0.25, 0.3) is 0 Å². The fraction of sp³-hybridized carbons (Fsp3) is 0.550. The van der Waals surface area contributed by atoms with Gasteiger partial charge in [0.05, 0.1) is 4.90 Å². The van der Waals surface area contributed by atoms with Gasteiger partial charge < -0.3 is 0 Å². The summed E-state index contributed by atoms with van der Waals surface area (Å²) in [5, 5.41) is 1.81. The molecular formula is C20H27NO2S2. The Bertz CT molecular complexity index is 737. The van der Waals surface area contributed by atoms with Gasteiger partial charge in [-0.05, 0) is 49.6 Å². The lowest BCUT2D eigenvalue weighted by atomic mass is 9.89. The number of rotatable bonds is 4. The van der Waals surface area contributed by atoms with Gasteiger partial charge in [0.25, 0.3) is 0 Å². The smallest absolute Gasteiger partial charge is 0.207 e. The zero-order valence-electron chi connectivity index (χ0n) is 14.9. The monoisotopic (exact) mass is 377 g/mol. The Morgan fingerprint density at radius 3 is 2.48 bits per heavy atom. The molecule has 0 radical (unpaired) electrons. The first-order chi connectivity index (χ1) is 12.0. The second kappa shape index (κ2) is 8.11. The van der Waals surface area contributed by atoms with Crippen molar-refractivity contribution in [3.63, 3.8) is 0 Å². The summed E-state index contributed by atoms with van der Waals surface area (Å²) in [6.07, 6.45) is 9.84. The molecule has 1 aromatic rings. The fourth-order valence-corrected chi connectivity index (χ4v) is 5.77. The summed E-state index contributed by atoms with van der Waals surface area (Å²) < 4.78 is 28.1. The number of hydrogen-bond donors (Lipinski definition) is 0. The lowest BCUT2D eigenvalue weighted by Gasteiger charge is -2.24. The van der Waals surface area contributed by atoms with Gasteiger partial charge in [-0.1, -0.05) is 67.2 Å². The first-order valence-electron chi connectivity index (χ1n) is 9.25. The third kappa shape index (κ3) is 4.21. The van der Waals surface area contributed by atoms with Crippen LogP contribution >= 0.6 is 12.2 Å². The van der Waals surface area contributed by atoms with Crippen LogP contribution in [0.1, 0.15) is 50.5 Å². The molecule has 2 bridgehead atoms. The summed E-state index contributed by atoms with van der Waals surface area (Å²) in [4.78, 5) is 0.402. The molecule has 1 aliphatic carbocycles. The van der Waals surface area contributed by atoms with Crippen molar-refractivity contribution in [1.29, 1.82) is 0 Å². The molecule has 136 valence electrons. The molecule has 0 aromatic heterocycles. The van der Waals surface area contributed by atoms with Crippen LogP contribution in [0.2, 0.25) is 0 Å². The number of benzene rings is 1. The molecular weight excluding hydrogens is 350 g/mol. The van der Waals surface area contributed by atoms with Gasteiger partial charge in [0.15, 0.2) is 0 Å². The fourth-order valence-electron chi connectivity index (χ4n) is 3.95. The van der Waals surface area contributed by atoms with E-state index in [0.717, 1.165) is 31.2 Å². The molecule has 2 atom stereocenters. The van der Waals surface area contributed by atoms with E-state index in [1.165, 1.54) is 24.8 Å². The third-order valence-electron chi connectivity index (χ3n) is 5.45. The van der Waals surface area contributed by atoms with Crippen LogP contribution in [0.15, 0.2) is 40.8 Å². The molecule has 2 unspecified atom stereocenters. The van der Waals surface area contributed by atoms with Crippen LogP contribution in [-0.2, 0) is 10.0 Å². The van der Waals surface area contributed by atoms with Gasteiger partial charge in [-0.2, -0.15) is 4.31 Å². The van der Waals surface area contributed by atoms with Gasteiger partial charge in [-0.25, -0.2) is 8.42 Å². The Kier molecular flexibility index (Phi) is 6.08. The van der Waals surface area contributed by atoms with Gasteiger partial charge in [0.1, 0.15) is 0 Å². The Hall–Kier alpha value is -1.04. The van der Waals surface area contributed by atoms with E-state index in [4.69, 9.17) is 12.2 Å². The van der Waals surface area contributed by atoms with Crippen molar-refractivity contribution >= 4 is 27.6 Å². The first kappa shape index (κ1) is 18.7. The molecule has 0 fully saturated rings. The molecule has 1 aliphatic heterocycles. The van der Waals surface area contributed by atoms with Gasteiger partial charge >= 0.3 is 0 Å². The average Bonchev–Trinajstić information content (AvgIpc) is 3.01. The molecule has 0 amide bonds. The standard InChI is InChI=1S/C20H27NO2S2/c1-16-8-10-20(11-9-16)25(22,23)21-15-18-14-19(21)7-5-3-2-4-6-17(18)12-13-24/h8-11,13-14,17,19H,2-7,12,15H2,1H3. The number of fused-ring (bicyclic) bond motifs is 1. The molecule has 3 rings (SSSR count). The molecule has 3 nitrogen and oxygen atoms in total. The molecule has 0 spiro atoms. The van der Waals surface area contributed by atoms with Crippen molar-refractivity contribution in [2.24, 2.45) is 5.92 Å². The van der Waals surface area contributed by atoms with E-state index in [-0.39, 0.29) is 6.04 Å². The summed E-state index contributed by atoms with van der Waals surface area (Å²) in [5.41, 5.74) is 2.34. The number of nitrogens with zero attached hydrogens (tertiary/aromatic N) is 1. The molecule has 25 heavy (non-hydrogen) atoms. The lowest BCUT2D eigenvalue weighted by molar-refractivity contribution is 0.381. The molecule has 1 heterocycles. The van der Waals surface area contributed by atoms with Gasteiger partial charge in [-0.3, -0.25) is 0 Å². The van der Waals surface area contributed by atoms with Crippen molar-refractivity contribution in [2.45, 2.75) is 62.8 Å². The molecule has 0 saturated heterocycles. The maximum atomic E-state index is 13.2. The summed E-state index contributed by atoms with van der Waals surface area (Å²) in [6, 6.07) is 7.19. The SMILES string of the molecule is Cc1ccc(S(=O)(=O)N2CC3=CC2CCCCCCC3CC=S)cc1. The lowest BCUT2D eigenvalue weighted by Crippen LogP contribution is -2.36. The second-order valence-electron chi connectivity index (χ2n) is 7.26.